The van der Waals surface area contributed by atoms with Gasteiger partial charge in [-0.1, -0.05) is 28.9 Å². The van der Waals surface area contributed by atoms with E-state index in [4.69, 9.17) is 16.1 Å². The Morgan fingerprint density at radius 1 is 1.10 bits per heavy atom. The zero-order valence-corrected chi connectivity index (χ0v) is 17.8. The first-order valence-corrected chi connectivity index (χ1v) is 10.2. The van der Waals surface area contributed by atoms with E-state index in [-0.39, 0.29) is 0 Å². The van der Waals surface area contributed by atoms with Crippen molar-refractivity contribution in [2.24, 2.45) is 4.99 Å². The summed E-state index contributed by atoms with van der Waals surface area (Å²) in [7, 11) is 1.72. The van der Waals surface area contributed by atoms with Crippen LogP contribution in [0.5, 0.6) is 0 Å². The molecule has 0 unspecified atom stereocenters. The van der Waals surface area contributed by atoms with Crippen LogP contribution < -0.4 is 10.6 Å². The minimum absolute atomic E-state index is 0.374. The number of nitrogens with one attached hydrogen (secondary N) is 2. The molecule has 0 aliphatic heterocycles. The van der Waals surface area contributed by atoms with Gasteiger partial charge in [-0.25, -0.2) is 4.68 Å². The molecule has 0 atom stereocenters. The van der Waals surface area contributed by atoms with Crippen molar-refractivity contribution in [1.29, 1.82) is 0 Å². The monoisotopic (exact) mass is 435 g/mol. The van der Waals surface area contributed by atoms with Gasteiger partial charge >= 0.3 is 0 Å². The van der Waals surface area contributed by atoms with Crippen LogP contribution in [0, 0.1) is 0 Å². The Morgan fingerprint density at radius 2 is 1.90 bits per heavy atom. The largest absolute Gasteiger partial charge is 0.356 e. The van der Waals surface area contributed by atoms with Gasteiger partial charge in [0.25, 0.3) is 0 Å². The van der Waals surface area contributed by atoms with Crippen molar-refractivity contribution in [3.05, 3.63) is 83.5 Å². The van der Waals surface area contributed by atoms with Crippen LogP contribution >= 0.6 is 11.6 Å². The third-order valence-corrected chi connectivity index (χ3v) is 4.86. The molecule has 2 N–H and O–H groups in total. The van der Waals surface area contributed by atoms with E-state index in [9.17, 15) is 0 Å². The lowest BCUT2D eigenvalue weighted by molar-refractivity contribution is 0.375. The van der Waals surface area contributed by atoms with Crippen LogP contribution in [0.3, 0.4) is 0 Å². The van der Waals surface area contributed by atoms with Gasteiger partial charge in [-0.2, -0.15) is 10.1 Å². The number of rotatable bonds is 7. The Morgan fingerprint density at radius 3 is 2.61 bits per heavy atom. The third-order valence-electron chi connectivity index (χ3n) is 4.61. The van der Waals surface area contributed by atoms with Gasteiger partial charge < -0.3 is 15.2 Å². The number of aliphatic imine (C=N–C) groups is 1. The van der Waals surface area contributed by atoms with Crippen molar-refractivity contribution in [3.8, 4) is 17.1 Å². The van der Waals surface area contributed by atoms with Crippen LogP contribution in [0.4, 0.5) is 0 Å². The predicted octanol–water partition coefficient (Wildman–Crippen LogP) is 3.48. The molecule has 0 aliphatic rings. The molecule has 9 heteroatoms. The molecular weight excluding hydrogens is 414 g/mol. The zero-order chi connectivity index (χ0) is 21.5. The molecule has 158 valence electrons. The Kier molecular flexibility index (Phi) is 6.59. The number of halogens is 1. The topological polar surface area (TPSA) is 93.2 Å². The van der Waals surface area contributed by atoms with Gasteiger partial charge in [0.05, 0.1) is 12.2 Å². The number of hydrogen-bond donors (Lipinski definition) is 2. The highest BCUT2D eigenvalue weighted by Gasteiger charge is 2.09. The first-order valence-electron chi connectivity index (χ1n) is 9.83. The molecule has 8 nitrogen and oxygen atoms in total. The lowest BCUT2D eigenvalue weighted by Crippen LogP contribution is -2.37. The van der Waals surface area contributed by atoms with Crippen LogP contribution in [-0.2, 0) is 13.0 Å². The van der Waals surface area contributed by atoms with Gasteiger partial charge in [-0.15, -0.1) is 0 Å². The van der Waals surface area contributed by atoms with Gasteiger partial charge in [-0.05, 0) is 54.4 Å². The molecule has 4 rings (SSSR count). The number of aromatic nitrogens is 4. The average molecular weight is 436 g/mol. The van der Waals surface area contributed by atoms with Crippen molar-refractivity contribution in [2.45, 2.75) is 13.0 Å². The number of nitrogens with zero attached hydrogens (tertiary/aromatic N) is 5. The summed E-state index contributed by atoms with van der Waals surface area (Å²) >= 11 is 5.92. The lowest BCUT2D eigenvalue weighted by atomic mass is 10.1. The quantitative estimate of drug-likeness (QED) is 0.341. The molecule has 0 spiro atoms. The molecule has 2 heterocycles. The molecule has 0 amide bonds. The molecule has 0 fully saturated rings. The molecule has 0 bridgehead atoms. The minimum Gasteiger partial charge on any atom is -0.356 e. The first kappa shape index (κ1) is 20.6. The molecular formula is C22H22ClN7O. The second-order valence-electron chi connectivity index (χ2n) is 6.74. The summed E-state index contributed by atoms with van der Waals surface area (Å²) in [6, 6.07) is 17.5. The Hall–Kier alpha value is -3.65. The Bertz CT molecular complexity index is 1120. The molecule has 0 saturated carbocycles. The summed E-state index contributed by atoms with van der Waals surface area (Å²) in [6.45, 7) is 1.11. The maximum Gasteiger partial charge on any atom is 0.246 e. The lowest BCUT2D eigenvalue weighted by Gasteiger charge is -2.10. The highest BCUT2D eigenvalue weighted by molar-refractivity contribution is 6.30. The molecule has 2 aromatic carbocycles. The van der Waals surface area contributed by atoms with E-state index in [0.29, 0.717) is 29.2 Å². The summed E-state index contributed by atoms with van der Waals surface area (Å²) in [4.78, 5) is 8.64. The van der Waals surface area contributed by atoms with E-state index in [1.54, 1.807) is 25.4 Å². The molecule has 4 aromatic rings. The first-order chi connectivity index (χ1) is 15.2. The number of benzene rings is 2. The van der Waals surface area contributed by atoms with Crippen molar-refractivity contribution in [3.63, 3.8) is 0 Å². The number of hydrogen-bond acceptors (Lipinski definition) is 5. The van der Waals surface area contributed by atoms with Crippen LogP contribution in [0.25, 0.3) is 17.1 Å². The summed E-state index contributed by atoms with van der Waals surface area (Å²) in [5.41, 5.74) is 3.11. The van der Waals surface area contributed by atoms with E-state index in [0.717, 1.165) is 24.2 Å². The second-order valence-corrected chi connectivity index (χ2v) is 7.17. The smallest absolute Gasteiger partial charge is 0.246 e. The SMILES string of the molecule is CN=C(NCCc1ccc(-n2cccn2)cc1)NCc1nc(-c2ccc(Cl)cc2)no1. The van der Waals surface area contributed by atoms with Gasteiger partial charge in [0.2, 0.25) is 11.7 Å². The van der Waals surface area contributed by atoms with Crippen molar-refractivity contribution < 1.29 is 4.52 Å². The molecule has 0 aliphatic carbocycles. The highest BCUT2D eigenvalue weighted by Crippen LogP contribution is 2.18. The summed E-state index contributed by atoms with van der Waals surface area (Å²) < 4.78 is 7.15. The molecule has 0 saturated heterocycles. The number of guanidine groups is 1. The average Bonchev–Trinajstić information content (AvgIpc) is 3.50. The Balaban J connectivity index is 1.24. The Labute approximate surface area is 185 Å². The van der Waals surface area contributed by atoms with Crippen LogP contribution in [-0.4, -0.2) is 39.5 Å². The highest BCUT2D eigenvalue weighted by atomic mass is 35.5. The van der Waals surface area contributed by atoms with Crippen molar-refractivity contribution in [2.75, 3.05) is 13.6 Å². The fraction of sp³-hybridized carbons (Fsp3) is 0.182. The van der Waals surface area contributed by atoms with Crippen LogP contribution in [0.1, 0.15) is 11.5 Å². The van der Waals surface area contributed by atoms with E-state index in [1.807, 2.05) is 29.1 Å². The van der Waals surface area contributed by atoms with Gasteiger partial charge in [0, 0.05) is 36.6 Å². The van der Waals surface area contributed by atoms with Gasteiger partial charge in [0.1, 0.15) is 0 Å². The summed E-state index contributed by atoms with van der Waals surface area (Å²) in [5.74, 6) is 1.66. The third kappa shape index (κ3) is 5.49. The fourth-order valence-electron chi connectivity index (χ4n) is 2.98. The summed E-state index contributed by atoms with van der Waals surface area (Å²) in [6.07, 6.45) is 4.55. The fourth-order valence-corrected chi connectivity index (χ4v) is 3.11. The maximum atomic E-state index is 5.92. The van der Waals surface area contributed by atoms with Crippen molar-refractivity contribution >= 4 is 17.6 Å². The standard InChI is InChI=1S/C22H22ClN7O/c1-24-22(25-13-11-16-3-9-19(10-4-16)30-14-2-12-27-30)26-15-20-28-21(29-31-20)17-5-7-18(23)8-6-17/h2-10,12,14H,11,13,15H2,1H3,(H2,24,25,26). The van der Waals surface area contributed by atoms with Crippen LogP contribution in [0.15, 0.2) is 76.5 Å². The predicted molar refractivity (Wildman–Crippen MR) is 120 cm³/mol. The maximum absolute atomic E-state index is 5.92. The van der Waals surface area contributed by atoms with Crippen molar-refractivity contribution in [1.82, 2.24) is 30.6 Å². The van der Waals surface area contributed by atoms with E-state index >= 15 is 0 Å². The van der Waals surface area contributed by atoms with E-state index in [2.05, 4.69) is 55.1 Å². The van der Waals surface area contributed by atoms with E-state index < -0.39 is 0 Å². The minimum atomic E-state index is 0.374. The zero-order valence-electron chi connectivity index (χ0n) is 17.0. The second kappa shape index (κ2) is 9.90. The molecule has 31 heavy (non-hydrogen) atoms. The molecule has 0 radical (unpaired) electrons. The van der Waals surface area contributed by atoms with E-state index in [1.165, 1.54) is 5.56 Å². The summed E-state index contributed by atoms with van der Waals surface area (Å²) in [5, 5.41) is 15.4. The van der Waals surface area contributed by atoms with Gasteiger partial charge in [0.15, 0.2) is 5.96 Å². The van der Waals surface area contributed by atoms with Crippen LogP contribution in [0.2, 0.25) is 5.02 Å². The normalized spacial score (nSPS) is 11.5. The van der Waals surface area contributed by atoms with Gasteiger partial charge in [-0.3, -0.25) is 4.99 Å². The molecule has 2 aromatic heterocycles.